The van der Waals surface area contributed by atoms with Crippen molar-refractivity contribution in [3.63, 3.8) is 0 Å². The first kappa shape index (κ1) is 34.7. The standard InChI is InChI=1S/C34H46ClN5O7/c1-5-8-24(27(41)30(43)36-23-13-14-23)37-29(42)26-17-34(16-25(39-47-34)21-11-7-12-22(35)15-21)19-40(26)31(44)28(33(2,3)4)38-32(45)46-18-20-9-6-10-20/h7,11-12,15,20,23-24,26,28H,5-6,8-10,13-14,16-19H2,1-4H3,(H,36,43)(H,37,42)(H,38,45)/t24-,26-,28+,34+/m0/s1. The maximum absolute atomic E-state index is 14.4. The van der Waals surface area contributed by atoms with Crippen LogP contribution in [0.15, 0.2) is 29.4 Å². The van der Waals surface area contributed by atoms with Gasteiger partial charge in [-0.05, 0) is 55.6 Å². The molecule has 2 heterocycles. The Morgan fingerprint density at radius 3 is 2.49 bits per heavy atom. The smallest absolute Gasteiger partial charge is 0.407 e. The third-order valence-electron chi connectivity index (χ3n) is 9.38. The third-order valence-corrected chi connectivity index (χ3v) is 9.61. The van der Waals surface area contributed by atoms with E-state index in [1.165, 1.54) is 4.90 Å². The lowest BCUT2D eigenvalue weighted by atomic mass is 9.85. The number of benzene rings is 1. The Labute approximate surface area is 280 Å². The zero-order chi connectivity index (χ0) is 33.9. The van der Waals surface area contributed by atoms with Gasteiger partial charge in [-0.25, -0.2) is 4.79 Å². The Kier molecular flexibility index (Phi) is 10.5. The van der Waals surface area contributed by atoms with Crippen LogP contribution in [-0.4, -0.2) is 83.1 Å². The SMILES string of the molecule is CCC[C@H](NC(=O)[C@@H]1C[C@]2(CC(c3cccc(Cl)c3)=NO2)CN1C(=O)[C@@H](NC(=O)OCC1CCC1)C(C)(C)C)C(=O)C(=O)NC1CC1. The molecule has 4 amide bonds. The van der Waals surface area contributed by atoms with Gasteiger partial charge in [0.1, 0.15) is 12.1 Å². The minimum atomic E-state index is -1.06. The molecule has 0 unspecified atom stereocenters. The predicted octanol–water partition coefficient (Wildman–Crippen LogP) is 3.88. The van der Waals surface area contributed by atoms with Crippen LogP contribution in [0.1, 0.15) is 91.0 Å². The lowest BCUT2D eigenvalue weighted by molar-refractivity contribution is -0.144. The number of hydrogen-bond donors (Lipinski definition) is 3. The van der Waals surface area contributed by atoms with E-state index in [0.29, 0.717) is 29.5 Å². The molecule has 3 N–H and O–H groups in total. The number of oxime groups is 1. The van der Waals surface area contributed by atoms with Crippen LogP contribution in [-0.2, 0) is 28.8 Å². The van der Waals surface area contributed by atoms with Crippen LogP contribution in [0.4, 0.5) is 4.79 Å². The van der Waals surface area contributed by atoms with Crippen molar-refractivity contribution in [1.29, 1.82) is 0 Å². The summed E-state index contributed by atoms with van der Waals surface area (Å²) in [6.07, 6.45) is 5.26. The van der Waals surface area contributed by atoms with Crippen LogP contribution < -0.4 is 16.0 Å². The minimum absolute atomic E-state index is 0.0113. The van der Waals surface area contributed by atoms with Gasteiger partial charge >= 0.3 is 6.09 Å². The van der Waals surface area contributed by atoms with Gasteiger partial charge in [0.2, 0.25) is 17.6 Å². The normalized spacial score (nSPS) is 23.6. The predicted molar refractivity (Wildman–Crippen MR) is 175 cm³/mol. The maximum Gasteiger partial charge on any atom is 0.407 e. The molecule has 4 aliphatic rings. The van der Waals surface area contributed by atoms with E-state index < -0.39 is 58.7 Å². The van der Waals surface area contributed by atoms with Crippen molar-refractivity contribution in [2.45, 2.75) is 115 Å². The number of alkyl carbamates (subject to hydrolysis) is 1. The van der Waals surface area contributed by atoms with Crippen LogP contribution in [0.3, 0.4) is 0 Å². The molecule has 256 valence electrons. The highest BCUT2D eigenvalue weighted by Gasteiger charge is 2.55. The largest absolute Gasteiger partial charge is 0.449 e. The molecule has 47 heavy (non-hydrogen) atoms. The highest BCUT2D eigenvalue weighted by molar-refractivity contribution is 6.38. The van der Waals surface area contributed by atoms with Gasteiger partial charge < -0.3 is 30.4 Å². The molecule has 2 saturated carbocycles. The summed E-state index contributed by atoms with van der Waals surface area (Å²) in [5.41, 5.74) is -0.388. The molecule has 13 heteroatoms. The maximum atomic E-state index is 14.4. The van der Waals surface area contributed by atoms with Crippen LogP contribution in [0.2, 0.25) is 5.02 Å². The molecule has 2 aliphatic carbocycles. The molecule has 1 spiro atoms. The van der Waals surface area contributed by atoms with Crippen LogP contribution in [0, 0.1) is 11.3 Å². The molecule has 1 saturated heterocycles. The second-order valence-electron chi connectivity index (χ2n) is 14.5. The van der Waals surface area contributed by atoms with E-state index in [9.17, 15) is 24.0 Å². The number of halogens is 1. The summed E-state index contributed by atoms with van der Waals surface area (Å²) in [6, 6.07) is 4.03. The molecule has 12 nitrogen and oxygen atoms in total. The van der Waals surface area contributed by atoms with E-state index in [1.54, 1.807) is 18.2 Å². The van der Waals surface area contributed by atoms with Gasteiger partial charge in [-0.1, -0.05) is 69.4 Å². The molecule has 1 aromatic carbocycles. The number of nitrogens with one attached hydrogen (secondary N) is 3. The molecule has 0 bridgehead atoms. The number of rotatable bonds is 12. The average Bonchev–Trinajstić information content (AvgIpc) is 3.58. The molecule has 2 aliphatic heterocycles. The van der Waals surface area contributed by atoms with E-state index in [2.05, 4.69) is 21.1 Å². The van der Waals surface area contributed by atoms with Crippen molar-refractivity contribution in [1.82, 2.24) is 20.9 Å². The third kappa shape index (κ3) is 8.44. The lowest BCUT2D eigenvalue weighted by Crippen LogP contribution is -2.59. The number of ketones is 1. The Morgan fingerprint density at radius 2 is 1.87 bits per heavy atom. The summed E-state index contributed by atoms with van der Waals surface area (Å²) >= 11 is 6.22. The van der Waals surface area contributed by atoms with Gasteiger partial charge in [0.15, 0.2) is 5.60 Å². The summed E-state index contributed by atoms with van der Waals surface area (Å²) in [7, 11) is 0. The molecular formula is C34H46ClN5O7. The van der Waals surface area contributed by atoms with Gasteiger partial charge in [0.25, 0.3) is 5.91 Å². The number of carbonyl (C=O) groups is 5. The molecule has 5 rings (SSSR count). The average molecular weight is 672 g/mol. The Balaban J connectivity index is 1.37. The Hall–Kier alpha value is -3.67. The van der Waals surface area contributed by atoms with Crippen molar-refractivity contribution >= 4 is 46.9 Å². The number of ether oxygens (including phenoxy) is 1. The van der Waals surface area contributed by atoms with Crippen LogP contribution in [0.5, 0.6) is 0 Å². The number of amides is 4. The van der Waals surface area contributed by atoms with Gasteiger partial charge in [-0.2, -0.15) is 0 Å². The van der Waals surface area contributed by atoms with Gasteiger partial charge in [-0.15, -0.1) is 0 Å². The first-order chi connectivity index (χ1) is 22.3. The summed E-state index contributed by atoms with van der Waals surface area (Å²) < 4.78 is 5.46. The minimum Gasteiger partial charge on any atom is -0.449 e. The molecule has 4 atom stereocenters. The molecule has 3 fully saturated rings. The number of carbonyl (C=O) groups excluding carboxylic acids is 5. The van der Waals surface area contributed by atoms with E-state index in [0.717, 1.165) is 37.7 Å². The fourth-order valence-electron chi connectivity index (χ4n) is 6.25. The van der Waals surface area contributed by atoms with Gasteiger partial charge in [0, 0.05) is 29.5 Å². The summed E-state index contributed by atoms with van der Waals surface area (Å²) in [5, 5.41) is 13.1. The van der Waals surface area contributed by atoms with Crippen molar-refractivity contribution < 1.29 is 33.5 Å². The van der Waals surface area contributed by atoms with E-state index >= 15 is 0 Å². The summed E-state index contributed by atoms with van der Waals surface area (Å²) in [4.78, 5) is 74.5. The monoisotopic (exact) mass is 671 g/mol. The fourth-order valence-corrected chi connectivity index (χ4v) is 6.44. The molecule has 1 aromatic rings. The number of likely N-dealkylation sites (tertiary alicyclic amines) is 1. The lowest BCUT2D eigenvalue weighted by Gasteiger charge is -2.35. The highest BCUT2D eigenvalue weighted by Crippen LogP contribution is 2.40. The van der Waals surface area contributed by atoms with E-state index in [4.69, 9.17) is 21.2 Å². The van der Waals surface area contributed by atoms with Gasteiger partial charge in [-0.3, -0.25) is 19.2 Å². The first-order valence-corrected chi connectivity index (χ1v) is 17.1. The second-order valence-corrected chi connectivity index (χ2v) is 14.9. The van der Waals surface area contributed by atoms with Crippen molar-refractivity contribution in [3.05, 3.63) is 34.9 Å². The fraction of sp³-hybridized carbons (Fsp3) is 0.647. The van der Waals surface area contributed by atoms with Crippen molar-refractivity contribution in [2.24, 2.45) is 16.5 Å². The number of nitrogens with zero attached hydrogens (tertiary/aromatic N) is 2. The molecule has 0 radical (unpaired) electrons. The second kappa shape index (κ2) is 14.2. The zero-order valence-corrected chi connectivity index (χ0v) is 28.4. The summed E-state index contributed by atoms with van der Waals surface area (Å²) in [5.74, 6) is -2.18. The highest BCUT2D eigenvalue weighted by atomic mass is 35.5. The topological polar surface area (TPSA) is 156 Å². The quantitative estimate of drug-likeness (QED) is 0.285. The Bertz CT molecular complexity index is 1420. The van der Waals surface area contributed by atoms with E-state index in [-0.39, 0.29) is 32.0 Å². The van der Waals surface area contributed by atoms with Gasteiger partial charge in [0.05, 0.1) is 24.9 Å². The van der Waals surface area contributed by atoms with E-state index in [1.807, 2.05) is 33.8 Å². The van der Waals surface area contributed by atoms with Crippen LogP contribution in [0.25, 0.3) is 0 Å². The first-order valence-electron chi connectivity index (χ1n) is 16.7. The zero-order valence-electron chi connectivity index (χ0n) is 27.6. The molecule has 0 aromatic heterocycles. The summed E-state index contributed by atoms with van der Waals surface area (Å²) in [6.45, 7) is 7.62. The number of hydrogen-bond acceptors (Lipinski definition) is 8. The number of Topliss-reactive ketones (excluding diaryl/α,β-unsaturated/α-hetero) is 1. The molecular weight excluding hydrogens is 626 g/mol. The van der Waals surface area contributed by atoms with Crippen molar-refractivity contribution in [2.75, 3.05) is 13.2 Å². The van der Waals surface area contributed by atoms with Crippen molar-refractivity contribution in [3.8, 4) is 0 Å². The Morgan fingerprint density at radius 1 is 1.13 bits per heavy atom. The van der Waals surface area contributed by atoms with Crippen LogP contribution >= 0.6 is 11.6 Å².